The van der Waals surface area contributed by atoms with Crippen molar-refractivity contribution in [3.8, 4) is 0 Å². The normalized spacial score (nSPS) is 12.9. The first-order valence-electron chi connectivity index (χ1n) is 1.44. The van der Waals surface area contributed by atoms with Gasteiger partial charge in [0, 0.05) is 5.41 Å². The summed E-state index contributed by atoms with van der Waals surface area (Å²) < 4.78 is 33.1. The molecule has 0 aliphatic carbocycles. The lowest BCUT2D eigenvalue weighted by Gasteiger charge is -1.86. The van der Waals surface area contributed by atoms with Crippen LogP contribution in [0, 0.1) is 0 Å². The third-order valence-corrected chi connectivity index (χ3v) is 0.546. The van der Waals surface area contributed by atoms with Gasteiger partial charge in [-0.25, -0.2) is 13.2 Å². The minimum atomic E-state index is -3.04. The van der Waals surface area contributed by atoms with Crippen LogP contribution in [0.5, 0.6) is 0 Å². The van der Waals surface area contributed by atoms with Gasteiger partial charge in [-0.15, -0.1) is 0 Å². The SMILES string of the molecule is F/C(=C/[S])C(F)F. The summed E-state index contributed by atoms with van der Waals surface area (Å²) in [4.78, 5) is 0. The van der Waals surface area contributed by atoms with Crippen LogP contribution in [0.3, 0.4) is 0 Å². The summed E-state index contributed by atoms with van der Waals surface area (Å²) in [7, 11) is 0. The molecule has 0 spiro atoms. The molecule has 0 nitrogen and oxygen atoms in total. The van der Waals surface area contributed by atoms with Crippen molar-refractivity contribution < 1.29 is 13.2 Å². The Labute approximate surface area is 44.4 Å². The molecule has 41 valence electrons. The summed E-state index contributed by atoms with van der Waals surface area (Å²) in [5.74, 6) is -1.55. The summed E-state index contributed by atoms with van der Waals surface area (Å²) in [6.45, 7) is 0. The fraction of sp³-hybridized carbons (Fsp3) is 0.333. The third-order valence-electron chi connectivity index (χ3n) is 0.321. The van der Waals surface area contributed by atoms with Crippen LogP contribution in [0.4, 0.5) is 13.2 Å². The van der Waals surface area contributed by atoms with Crippen LogP contribution >= 0.6 is 12.6 Å². The van der Waals surface area contributed by atoms with E-state index in [2.05, 4.69) is 12.6 Å². The molecule has 0 aliphatic rings. The van der Waals surface area contributed by atoms with Crippen molar-refractivity contribution in [2.45, 2.75) is 6.43 Å². The van der Waals surface area contributed by atoms with E-state index in [-0.39, 0.29) is 0 Å². The number of rotatable bonds is 1. The molecule has 4 heteroatoms. The Morgan fingerprint density at radius 2 is 2.00 bits per heavy atom. The van der Waals surface area contributed by atoms with Crippen LogP contribution in [0.15, 0.2) is 11.2 Å². The topological polar surface area (TPSA) is 0 Å². The third kappa shape index (κ3) is 2.45. The van der Waals surface area contributed by atoms with E-state index in [4.69, 9.17) is 0 Å². The molecule has 0 aromatic carbocycles. The number of allylic oxidation sites excluding steroid dienone is 1. The Morgan fingerprint density at radius 1 is 1.57 bits per heavy atom. The number of hydrogen-bond acceptors (Lipinski definition) is 0. The van der Waals surface area contributed by atoms with E-state index in [0.717, 1.165) is 0 Å². The lowest BCUT2D eigenvalue weighted by atomic mass is 10.6. The summed E-state index contributed by atoms with van der Waals surface area (Å²) in [6, 6.07) is 0. The monoisotopic (exact) mass is 127 g/mol. The molecule has 0 rings (SSSR count). The van der Waals surface area contributed by atoms with E-state index < -0.39 is 12.3 Å². The Bertz CT molecular complexity index is 78.2. The Balaban J connectivity index is 3.56. The maximum Gasteiger partial charge on any atom is 0.290 e. The van der Waals surface area contributed by atoms with Crippen LogP contribution < -0.4 is 0 Å². The lowest BCUT2D eigenvalue weighted by molar-refractivity contribution is 0.159. The predicted molar refractivity (Wildman–Crippen MR) is 22.8 cm³/mol. The van der Waals surface area contributed by atoms with Crippen LogP contribution in [-0.2, 0) is 0 Å². The van der Waals surface area contributed by atoms with Crippen molar-refractivity contribution in [1.29, 1.82) is 0 Å². The van der Waals surface area contributed by atoms with Crippen molar-refractivity contribution in [1.82, 2.24) is 0 Å². The molecule has 7 heavy (non-hydrogen) atoms. The average Bonchev–Trinajstić information content (AvgIpc) is 1.65. The van der Waals surface area contributed by atoms with Gasteiger partial charge in [-0.2, -0.15) is 0 Å². The van der Waals surface area contributed by atoms with E-state index in [1.165, 1.54) is 0 Å². The number of hydrogen-bond donors (Lipinski definition) is 0. The fourth-order valence-corrected chi connectivity index (χ4v) is 0.154. The zero-order chi connectivity index (χ0) is 5.86. The molecule has 0 aromatic heterocycles. The molecule has 0 bridgehead atoms. The molecule has 0 aliphatic heterocycles. The Kier molecular flexibility index (Phi) is 2.75. The van der Waals surface area contributed by atoms with Crippen LogP contribution in [0.25, 0.3) is 0 Å². The minimum Gasteiger partial charge on any atom is -0.205 e. The van der Waals surface area contributed by atoms with Gasteiger partial charge in [-0.3, -0.25) is 0 Å². The highest BCUT2D eigenvalue weighted by Gasteiger charge is 2.07. The maximum atomic E-state index is 11.3. The molecule has 0 N–H and O–H groups in total. The van der Waals surface area contributed by atoms with Crippen molar-refractivity contribution in [3.63, 3.8) is 0 Å². The number of alkyl halides is 2. The van der Waals surface area contributed by atoms with Gasteiger partial charge in [0.25, 0.3) is 6.43 Å². The van der Waals surface area contributed by atoms with E-state index in [1.807, 2.05) is 0 Å². The average molecular weight is 127 g/mol. The summed E-state index contributed by atoms with van der Waals surface area (Å²) in [5, 5.41) is 0.324. The van der Waals surface area contributed by atoms with Crippen LogP contribution in [0.1, 0.15) is 0 Å². The van der Waals surface area contributed by atoms with Crippen molar-refractivity contribution in [3.05, 3.63) is 11.2 Å². The van der Waals surface area contributed by atoms with Gasteiger partial charge >= 0.3 is 0 Å². The predicted octanol–water partition coefficient (Wildman–Crippen LogP) is 2.26. The number of halogens is 3. The largest absolute Gasteiger partial charge is 0.290 e. The van der Waals surface area contributed by atoms with Gasteiger partial charge in [0.1, 0.15) is 0 Å². The highest BCUT2D eigenvalue weighted by molar-refractivity contribution is 7.83. The van der Waals surface area contributed by atoms with Gasteiger partial charge in [-0.1, -0.05) is 12.6 Å². The molecular weight excluding hydrogens is 125 g/mol. The van der Waals surface area contributed by atoms with Crippen molar-refractivity contribution >= 4 is 12.6 Å². The minimum absolute atomic E-state index is 0.324. The van der Waals surface area contributed by atoms with E-state index >= 15 is 0 Å². The summed E-state index contributed by atoms with van der Waals surface area (Å²) >= 11 is 3.83. The second-order valence-electron chi connectivity index (χ2n) is 0.803. The molecule has 0 heterocycles. The molecular formula is C3H2F3S. The standard InChI is InChI=1S/C3H2F3S/c4-2(1-7)3(5)6/h1,3H/b2-1+. The van der Waals surface area contributed by atoms with Crippen molar-refractivity contribution in [2.24, 2.45) is 0 Å². The first-order valence-corrected chi connectivity index (χ1v) is 1.91. The molecule has 0 amide bonds. The van der Waals surface area contributed by atoms with E-state index in [0.29, 0.717) is 5.41 Å². The van der Waals surface area contributed by atoms with Gasteiger partial charge < -0.3 is 0 Å². The highest BCUT2D eigenvalue weighted by atomic mass is 32.1. The summed E-state index contributed by atoms with van der Waals surface area (Å²) in [5.41, 5.74) is 0. The first-order chi connectivity index (χ1) is 3.18. The van der Waals surface area contributed by atoms with Gasteiger partial charge in [0.15, 0.2) is 5.83 Å². The second kappa shape index (κ2) is 2.85. The fourth-order valence-electron chi connectivity index (χ4n) is 0.0514. The summed E-state index contributed by atoms with van der Waals surface area (Å²) in [6.07, 6.45) is -3.04. The Hall–Kier alpha value is -0.250. The van der Waals surface area contributed by atoms with Crippen LogP contribution in [-0.4, -0.2) is 6.43 Å². The Morgan fingerprint density at radius 3 is 2.00 bits per heavy atom. The molecule has 0 saturated carbocycles. The van der Waals surface area contributed by atoms with Crippen LogP contribution in [0.2, 0.25) is 0 Å². The zero-order valence-electron chi connectivity index (χ0n) is 3.20. The molecule has 0 atom stereocenters. The molecule has 0 fully saturated rings. The second-order valence-corrected chi connectivity index (χ2v) is 1.04. The highest BCUT2D eigenvalue weighted by Crippen LogP contribution is 2.09. The van der Waals surface area contributed by atoms with Gasteiger partial charge in [0.2, 0.25) is 0 Å². The molecule has 0 aromatic rings. The van der Waals surface area contributed by atoms with Gasteiger partial charge in [0.05, 0.1) is 0 Å². The van der Waals surface area contributed by atoms with E-state index in [9.17, 15) is 13.2 Å². The molecule has 1 radical (unpaired) electrons. The van der Waals surface area contributed by atoms with Gasteiger partial charge in [-0.05, 0) is 0 Å². The molecule has 0 unspecified atom stereocenters. The smallest absolute Gasteiger partial charge is 0.205 e. The van der Waals surface area contributed by atoms with Crippen molar-refractivity contribution in [2.75, 3.05) is 0 Å². The van der Waals surface area contributed by atoms with E-state index in [1.54, 1.807) is 0 Å². The zero-order valence-corrected chi connectivity index (χ0v) is 4.01. The molecule has 0 saturated heterocycles. The first kappa shape index (κ1) is 6.75. The lowest BCUT2D eigenvalue weighted by Crippen LogP contribution is -1.86. The quantitative estimate of drug-likeness (QED) is 0.506. The maximum absolute atomic E-state index is 11.3.